The van der Waals surface area contributed by atoms with E-state index in [-0.39, 0.29) is 18.6 Å². The van der Waals surface area contributed by atoms with E-state index in [4.69, 9.17) is 14.2 Å². The Balaban J connectivity index is 1.66. The molecule has 1 aliphatic heterocycles. The van der Waals surface area contributed by atoms with E-state index in [1.165, 1.54) is 11.3 Å². The molecule has 7 heteroatoms. The standard InChI is InChI=1S/C19H21NO5S/c1-12(2)20(3)18(21)11-25-19(22)17-7-6-16(26-17)13-4-5-14-15(10-13)24-9-8-23-14/h4-7,10,12H,8-9,11H2,1-3H3. The van der Waals surface area contributed by atoms with E-state index in [0.717, 1.165) is 16.2 Å². The van der Waals surface area contributed by atoms with Crippen LogP contribution >= 0.6 is 11.3 Å². The number of fused-ring (bicyclic) bond motifs is 1. The van der Waals surface area contributed by atoms with E-state index in [0.29, 0.717) is 23.8 Å². The highest BCUT2D eigenvalue weighted by molar-refractivity contribution is 7.17. The highest BCUT2D eigenvalue weighted by Crippen LogP contribution is 2.37. The number of likely N-dealkylation sites (N-methyl/N-ethyl adjacent to an activating group) is 1. The quantitative estimate of drug-likeness (QED) is 0.751. The Hall–Kier alpha value is -2.54. The van der Waals surface area contributed by atoms with Crippen LogP contribution in [0.5, 0.6) is 11.5 Å². The number of ether oxygens (including phenoxy) is 3. The number of hydrogen-bond donors (Lipinski definition) is 0. The van der Waals surface area contributed by atoms with E-state index < -0.39 is 5.97 Å². The Kier molecular flexibility index (Phi) is 5.46. The summed E-state index contributed by atoms with van der Waals surface area (Å²) in [4.78, 5) is 27.0. The Morgan fingerprint density at radius 2 is 1.88 bits per heavy atom. The van der Waals surface area contributed by atoms with Gasteiger partial charge in [-0.05, 0) is 49.7 Å². The van der Waals surface area contributed by atoms with Crippen LogP contribution in [-0.4, -0.2) is 49.7 Å². The second kappa shape index (κ2) is 7.78. The maximum Gasteiger partial charge on any atom is 0.348 e. The van der Waals surface area contributed by atoms with Crippen LogP contribution in [0.15, 0.2) is 30.3 Å². The number of hydrogen-bond acceptors (Lipinski definition) is 6. The molecule has 2 heterocycles. The van der Waals surface area contributed by atoms with Gasteiger partial charge in [-0.1, -0.05) is 0 Å². The zero-order valence-electron chi connectivity index (χ0n) is 15.0. The number of rotatable bonds is 5. The van der Waals surface area contributed by atoms with Crippen LogP contribution in [0.2, 0.25) is 0 Å². The molecule has 2 aromatic rings. The molecule has 0 saturated carbocycles. The van der Waals surface area contributed by atoms with Gasteiger partial charge in [-0.15, -0.1) is 11.3 Å². The van der Waals surface area contributed by atoms with Crippen molar-refractivity contribution < 1.29 is 23.8 Å². The van der Waals surface area contributed by atoms with Gasteiger partial charge in [0.2, 0.25) is 0 Å². The summed E-state index contributed by atoms with van der Waals surface area (Å²) in [5.41, 5.74) is 0.939. The van der Waals surface area contributed by atoms with E-state index in [1.54, 1.807) is 18.0 Å². The van der Waals surface area contributed by atoms with Crippen molar-refractivity contribution in [1.82, 2.24) is 4.90 Å². The molecule has 0 unspecified atom stereocenters. The lowest BCUT2D eigenvalue weighted by Gasteiger charge is -2.20. The second-order valence-electron chi connectivity index (χ2n) is 6.20. The molecule has 0 saturated heterocycles. The SMILES string of the molecule is CC(C)N(C)C(=O)COC(=O)c1ccc(-c2ccc3c(c2)OCCO3)s1. The zero-order valence-corrected chi connectivity index (χ0v) is 15.8. The van der Waals surface area contributed by atoms with Crippen LogP contribution in [0.25, 0.3) is 10.4 Å². The molecule has 1 aromatic heterocycles. The first-order valence-corrected chi connectivity index (χ1v) is 9.20. The monoisotopic (exact) mass is 375 g/mol. The second-order valence-corrected chi connectivity index (χ2v) is 7.28. The molecule has 3 rings (SSSR count). The topological polar surface area (TPSA) is 65.1 Å². The minimum absolute atomic E-state index is 0.0600. The van der Waals surface area contributed by atoms with Crippen molar-refractivity contribution in [3.63, 3.8) is 0 Å². The highest BCUT2D eigenvalue weighted by Gasteiger charge is 2.18. The van der Waals surface area contributed by atoms with Crippen LogP contribution < -0.4 is 9.47 Å². The van der Waals surface area contributed by atoms with Crippen LogP contribution in [-0.2, 0) is 9.53 Å². The van der Waals surface area contributed by atoms with Crippen LogP contribution in [0.3, 0.4) is 0 Å². The Morgan fingerprint density at radius 3 is 2.62 bits per heavy atom. The van der Waals surface area contributed by atoms with Crippen molar-refractivity contribution in [2.75, 3.05) is 26.9 Å². The van der Waals surface area contributed by atoms with Crippen LogP contribution in [0.1, 0.15) is 23.5 Å². The van der Waals surface area contributed by atoms with Crippen molar-refractivity contribution in [1.29, 1.82) is 0 Å². The number of carbonyl (C=O) groups excluding carboxylic acids is 2. The molecular formula is C19H21NO5S. The van der Waals surface area contributed by atoms with E-state index >= 15 is 0 Å². The largest absolute Gasteiger partial charge is 0.486 e. The first-order valence-electron chi connectivity index (χ1n) is 8.38. The maximum absolute atomic E-state index is 12.2. The van der Waals surface area contributed by atoms with Gasteiger partial charge in [0.25, 0.3) is 5.91 Å². The fourth-order valence-electron chi connectivity index (χ4n) is 2.39. The summed E-state index contributed by atoms with van der Waals surface area (Å²) in [6, 6.07) is 9.31. The van der Waals surface area contributed by atoms with Crippen LogP contribution in [0.4, 0.5) is 0 Å². The molecule has 0 aliphatic carbocycles. The first kappa shape index (κ1) is 18.3. The summed E-state index contributed by atoms with van der Waals surface area (Å²) in [6.07, 6.45) is 0. The number of nitrogens with zero attached hydrogens (tertiary/aromatic N) is 1. The molecule has 0 N–H and O–H groups in total. The van der Waals surface area contributed by atoms with Crippen molar-refractivity contribution >= 4 is 23.2 Å². The van der Waals surface area contributed by atoms with Crippen molar-refractivity contribution in [2.45, 2.75) is 19.9 Å². The molecule has 0 bridgehead atoms. The number of amides is 1. The minimum Gasteiger partial charge on any atom is -0.486 e. The summed E-state index contributed by atoms with van der Waals surface area (Å²) in [7, 11) is 1.69. The highest BCUT2D eigenvalue weighted by atomic mass is 32.1. The number of thiophene rings is 1. The lowest BCUT2D eigenvalue weighted by molar-refractivity contribution is -0.134. The summed E-state index contributed by atoms with van der Waals surface area (Å²) in [5.74, 6) is 0.707. The normalized spacial score (nSPS) is 12.8. The van der Waals surface area contributed by atoms with E-state index in [2.05, 4.69) is 0 Å². The lowest BCUT2D eigenvalue weighted by Crippen LogP contribution is -2.36. The van der Waals surface area contributed by atoms with Gasteiger partial charge in [0, 0.05) is 18.0 Å². The smallest absolute Gasteiger partial charge is 0.348 e. The third-order valence-electron chi connectivity index (χ3n) is 4.13. The predicted molar refractivity (Wildman–Crippen MR) is 98.9 cm³/mol. The van der Waals surface area contributed by atoms with Crippen LogP contribution in [0, 0.1) is 0 Å². The molecule has 0 atom stereocenters. The summed E-state index contributed by atoms with van der Waals surface area (Å²) in [5, 5.41) is 0. The minimum atomic E-state index is -0.496. The lowest BCUT2D eigenvalue weighted by atomic mass is 10.1. The predicted octanol–water partition coefficient (Wildman–Crippen LogP) is 3.21. The third-order valence-corrected chi connectivity index (χ3v) is 5.24. The van der Waals surface area contributed by atoms with Crippen molar-refractivity contribution in [3.05, 3.63) is 35.2 Å². The molecule has 1 aliphatic rings. The van der Waals surface area contributed by atoms with E-state index in [1.807, 2.05) is 38.1 Å². The molecule has 1 amide bonds. The summed E-state index contributed by atoms with van der Waals surface area (Å²) in [6.45, 7) is 4.62. The number of esters is 1. The maximum atomic E-state index is 12.2. The summed E-state index contributed by atoms with van der Waals surface area (Å²) >= 11 is 1.32. The van der Waals surface area contributed by atoms with Gasteiger partial charge in [0.15, 0.2) is 18.1 Å². The van der Waals surface area contributed by atoms with E-state index in [9.17, 15) is 9.59 Å². The van der Waals surface area contributed by atoms with Gasteiger partial charge >= 0.3 is 5.97 Å². The van der Waals surface area contributed by atoms with Gasteiger partial charge < -0.3 is 19.1 Å². The zero-order chi connectivity index (χ0) is 18.7. The molecular weight excluding hydrogens is 354 g/mol. The van der Waals surface area contributed by atoms with Gasteiger partial charge in [-0.3, -0.25) is 4.79 Å². The third kappa shape index (κ3) is 3.99. The molecule has 0 spiro atoms. The summed E-state index contributed by atoms with van der Waals surface area (Å²) < 4.78 is 16.2. The molecule has 26 heavy (non-hydrogen) atoms. The Labute approximate surface area is 156 Å². The molecule has 6 nitrogen and oxygen atoms in total. The molecule has 0 radical (unpaired) electrons. The average molecular weight is 375 g/mol. The molecule has 1 aromatic carbocycles. The van der Waals surface area contributed by atoms with Crippen molar-refractivity contribution in [2.24, 2.45) is 0 Å². The fourth-order valence-corrected chi connectivity index (χ4v) is 3.28. The van der Waals surface area contributed by atoms with Gasteiger partial charge in [0.1, 0.15) is 18.1 Å². The fraction of sp³-hybridized carbons (Fsp3) is 0.368. The number of carbonyl (C=O) groups is 2. The van der Waals surface area contributed by atoms with Gasteiger partial charge in [-0.2, -0.15) is 0 Å². The number of benzene rings is 1. The Morgan fingerprint density at radius 1 is 1.15 bits per heavy atom. The van der Waals surface area contributed by atoms with Gasteiger partial charge in [0.05, 0.1) is 0 Å². The molecule has 0 fully saturated rings. The Bertz CT molecular complexity index is 814. The first-order chi connectivity index (χ1) is 12.5. The molecule has 138 valence electrons. The van der Waals surface area contributed by atoms with Crippen molar-refractivity contribution in [3.8, 4) is 21.9 Å². The average Bonchev–Trinajstić information content (AvgIpc) is 3.15. The van der Waals surface area contributed by atoms with Gasteiger partial charge in [-0.25, -0.2) is 4.79 Å².